The number of carbonyl (C=O) groups is 1. The molecule has 0 heterocycles. The van der Waals surface area contributed by atoms with Gasteiger partial charge >= 0.3 is 0 Å². The highest BCUT2D eigenvalue weighted by Gasteiger charge is 2.20. The predicted molar refractivity (Wildman–Crippen MR) is 82.7 cm³/mol. The fourth-order valence-electron chi connectivity index (χ4n) is 1.89. The quantitative estimate of drug-likeness (QED) is 0.815. The normalized spacial score (nSPS) is 11.7. The van der Waals surface area contributed by atoms with Gasteiger partial charge in [0.2, 0.25) is 0 Å². The predicted octanol–water partition coefficient (Wildman–Crippen LogP) is 4.52. The molecule has 0 bridgehead atoms. The van der Waals surface area contributed by atoms with E-state index in [0.717, 1.165) is 10.0 Å². The summed E-state index contributed by atoms with van der Waals surface area (Å²) >= 11 is 9.16. The fourth-order valence-corrected chi connectivity index (χ4v) is 2.28. The van der Waals surface area contributed by atoms with Crippen molar-refractivity contribution in [1.82, 2.24) is 0 Å². The molecule has 0 aliphatic carbocycles. The third kappa shape index (κ3) is 3.69. The molecule has 1 atom stereocenters. The third-order valence-corrected chi connectivity index (χ3v) is 3.73. The molecule has 0 aliphatic heterocycles. The number of Topliss-reactive ketones (excluding diaryl/α,β-unsaturated/α-hetero) is 1. The highest BCUT2D eigenvalue weighted by atomic mass is 79.9. The number of halogens is 2. The van der Waals surface area contributed by atoms with Gasteiger partial charge in [-0.25, -0.2) is 0 Å². The molecule has 1 unspecified atom stereocenters. The molecule has 2 rings (SSSR count). The number of benzene rings is 2. The molecule has 0 amide bonds. The molecule has 0 radical (unpaired) electrons. The van der Waals surface area contributed by atoms with Crippen molar-refractivity contribution in [3.8, 4) is 6.07 Å². The molecule has 20 heavy (non-hydrogen) atoms. The molecule has 0 fully saturated rings. The molecule has 0 saturated carbocycles. The van der Waals surface area contributed by atoms with Crippen LogP contribution >= 0.6 is 27.5 Å². The van der Waals surface area contributed by atoms with E-state index in [2.05, 4.69) is 22.0 Å². The molecule has 4 heteroatoms. The summed E-state index contributed by atoms with van der Waals surface area (Å²) in [5.74, 6) is -0.868. The highest BCUT2D eigenvalue weighted by Crippen LogP contribution is 2.21. The molecule has 0 aromatic heterocycles. The molecule has 0 saturated heterocycles. The van der Waals surface area contributed by atoms with Gasteiger partial charge in [-0.2, -0.15) is 5.26 Å². The van der Waals surface area contributed by atoms with E-state index in [4.69, 9.17) is 11.6 Å². The molecular weight excluding hydrogens is 338 g/mol. The van der Waals surface area contributed by atoms with Gasteiger partial charge in [-0.05, 0) is 35.4 Å². The second-order valence-electron chi connectivity index (χ2n) is 4.38. The van der Waals surface area contributed by atoms with Crippen LogP contribution in [0.15, 0.2) is 53.0 Å². The lowest BCUT2D eigenvalue weighted by Crippen LogP contribution is -2.13. The highest BCUT2D eigenvalue weighted by molar-refractivity contribution is 9.10. The van der Waals surface area contributed by atoms with Crippen molar-refractivity contribution in [2.24, 2.45) is 0 Å². The van der Waals surface area contributed by atoms with Gasteiger partial charge in [0.05, 0.1) is 6.07 Å². The van der Waals surface area contributed by atoms with Crippen LogP contribution in [0.2, 0.25) is 5.02 Å². The van der Waals surface area contributed by atoms with E-state index in [9.17, 15) is 10.1 Å². The van der Waals surface area contributed by atoms with Crippen molar-refractivity contribution in [3.63, 3.8) is 0 Å². The van der Waals surface area contributed by atoms with E-state index >= 15 is 0 Å². The van der Waals surface area contributed by atoms with E-state index in [1.165, 1.54) is 0 Å². The molecule has 100 valence electrons. The van der Waals surface area contributed by atoms with Gasteiger partial charge < -0.3 is 0 Å². The Kier molecular flexibility index (Phi) is 4.94. The monoisotopic (exact) mass is 347 g/mol. The van der Waals surface area contributed by atoms with Crippen LogP contribution in [0.3, 0.4) is 0 Å². The SMILES string of the molecule is N#CC(C(=O)Cc1ccc(Br)cc1)c1ccc(Cl)cc1. The third-order valence-electron chi connectivity index (χ3n) is 2.95. The van der Waals surface area contributed by atoms with Gasteiger partial charge in [0.1, 0.15) is 5.92 Å². The molecule has 2 nitrogen and oxygen atoms in total. The van der Waals surface area contributed by atoms with Crippen LogP contribution < -0.4 is 0 Å². The zero-order valence-corrected chi connectivity index (χ0v) is 12.9. The van der Waals surface area contributed by atoms with E-state index < -0.39 is 5.92 Å². The van der Waals surface area contributed by atoms with Crippen LogP contribution in [0.5, 0.6) is 0 Å². The molecular formula is C16H11BrClNO. The number of ketones is 1. The van der Waals surface area contributed by atoms with Gasteiger partial charge in [-0.3, -0.25) is 4.79 Å². The minimum Gasteiger partial charge on any atom is -0.297 e. The van der Waals surface area contributed by atoms with E-state index in [1.54, 1.807) is 24.3 Å². The van der Waals surface area contributed by atoms with E-state index in [1.807, 2.05) is 24.3 Å². The maximum absolute atomic E-state index is 12.2. The van der Waals surface area contributed by atoms with E-state index in [-0.39, 0.29) is 12.2 Å². The van der Waals surface area contributed by atoms with Crippen molar-refractivity contribution in [2.45, 2.75) is 12.3 Å². The van der Waals surface area contributed by atoms with Crippen LogP contribution in [0, 0.1) is 11.3 Å². The first-order valence-electron chi connectivity index (χ1n) is 6.02. The topological polar surface area (TPSA) is 40.9 Å². The Balaban J connectivity index is 2.15. The van der Waals surface area contributed by atoms with Crippen molar-refractivity contribution < 1.29 is 4.79 Å². The summed E-state index contributed by atoms with van der Waals surface area (Å²) in [4.78, 5) is 12.2. The molecule has 2 aromatic carbocycles. The van der Waals surface area contributed by atoms with Crippen LogP contribution in [-0.4, -0.2) is 5.78 Å². The second kappa shape index (κ2) is 6.69. The summed E-state index contributed by atoms with van der Waals surface area (Å²) in [6.07, 6.45) is 0.244. The lowest BCUT2D eigenvalue weighted by atomic mass is 9.92. The summed E-state index contributed by atoms with van der Waals surface area (Å²) in [7, 11) is 0. The van der Waals surface area contributed by atoms with Crippen LogP contribution in [-0.2, 0) is 11.2 Å². The van der Waals surface area contributed by atoms with Gasteiger partial charge in [0.25, 0.3) is 0 Å². The maximum Gasteiger partial charge on any atom is 0.158 e. The van der Waals surface area contributed by atoms with Crippen LogP contribution in [0.1, 0.15) is 17.0 Å². The maximum atomic E-state index is 12.2. The summed E-state index contributed by atoms with van der Waals surface area (Å²) in [6.45, 7) is 0. The van der Waals surface area contributed by atoms with Gasteiger partial charge in [-0.15, -0.1) is 0 Å². The Bertz CT molecular complexity index is 644. The minimum atomic E-state index is -0.754. The average molecular weight is 349 g/mol. The lowest BCUT2D eigenvalue weighted by Gasteiger charge is -2.09. The van der Waals surface area contributed by atoms with Crippen molar-refractivity contribution in [2.75, 3.05) is 0 Å². The summed E-state index contributed by atoms with van der Waals surface area (Å²) in [5.41, 5.74) is 1.58. The standard InChI is InChI=1S/C16H11BrClNO/c17-13-5-1-11(2-6-13)9-16(20)15(10-19)12-3-7-14(18)8-4-12/h1-8,15H,9H2. The van der Waals surface area contributed by atoms with E-state index in [0.29, 0.717) is 10.6 Å². The number of nitriles is 1. The Morgan fingerprint density at radius 1 is 1.15 bits per heavy atom. The van der Waals surface area contributed by atoms with Gasteiger partial charge in [0, 0.05) is 15.9 Å². The fraction of sp³-hybridized carbons (Fsp3) is 0.125. The number of nitrogens with zero attached hydrogens (tertiary/aromatic N) is 1. The number of hydrogen-bond acceptors (Lipinski definition) is 2. The molecule has 0 N–H and O–H groups in total. The molecule has 2 aromatic rings. The smallest absolute Gasteiger partial charge is 0.158 e. The molecule has 0 spiro atoms. The van der Waals surface area contributed by atoms with Crippen LogP contribution in [0.25, 0.3) is 0 Å². The van der Waals surface area contributed by atoms with Crippen molar-refractivity contribution in [1.29, 1.82) is 5.26 Å². The Morgan fingerprint density at radius 2 is 1.75 bits per heavy atom. The Morgan fingerprint density at radius 3 is 2.30 bits per heavy atom. The Labute approximate surface area is 131 Å². The number of hydrogen-bond donors (Lipinski definition) is 0. The Hall–Kier alpha value is -1.63. The summed E-state index contributed by atoms with van der Waals surface area (Å²) < 4.78 is 0.961. The van der Waals surface area contributed by atoms with Crippen molar-refractivity contribution in [3.05, 3.63) is 69.2 Å². The lowest BCUT2D eigenvalue weighted by molar-refractivity contribution is -0.118. The van der Waals surface area contributed by atoms with Crippen molar-refractivity contribution >= 4 is 33.3 Å². The van der Waals surface area contributed by atoms with Gasteiger partial charge in [0.15, 0.2) is 5.78 Å². The number of carbonyl (C=O) groups excluding carboxylic acids is 1. The zero-order chi connectivity index (χ0) is 14.5. The summed E-state index contributed by atoms with van der Waals surface area (Å²) in [5, 5.41) is 9.82. The number of rotatable bonds is 4. The molecule has 0 aliphatic rings. The van der Waals surface area contributed by atoms with Crippen LogP contribution in [0.4, 0.5) is 0 Å². The first kappa shape index (κ1) is 14.8. The summed E-state index contributed by atoms with van der Waals surface area (Å²) in [6, 6.07) is 16.4. The zero-order valence-electron chi connectivity index (χ0n) is 10.5. The average Bonchev–Trinajstić information content (AvgIpc) is 2.44. The van der Waals surface area contributed by atoms with Gasteiger partial charge in [-0.1, -0.05) is 51.8 Å². The second-order valence-corrected chi connectivity index (χ2v) is 5.74. The first-order valence-corrected chi connectivity index (χ1v) is 7.19. The largest absolute Gasteiger partial charge is 0.297 e. The minimum absolute atomic E-state index is 0.114. The first-order chi connectivity index (χ1) is 9.60.